The van der Waals surface area contributed by atoms with E-state index in [4.69, 9.17) is 4.74 Å². The summed E-state index contributed by atoms with van der Waals surface area (Å²) in [5, 5.41) is 3.09. The first-order valence-electron chi connectivity index (χ1n) is 5.56. The van der Waals surface area contributed by atoms with Crippen LogP contribution in [-0.2, 0) is 0 Å². The van der Waals surface area contributed by atoms with Gasteiger partial charge in [0.1, 0.15) is 5.82 Å². The van der Waals surface area contributed by atoms with E-state index in [1.165, 1.54) is 0 Å². The summed E-state index contributed by atoms with van der Waals surface area (Å²) in [7, 11) is 4.09. The third kappa shape index (κ3) is 4.93. The summed E-state index contributed by atoms with van der Waals surface area (Å²) >= 11 is 0. The number of hydrogen-bond acceptors (Lipinski definition) is 5. The van der Waals surface area contributed by atoms with Crippen molar-refractivity contribution in [2.24, 2.45) is 0 Å². The summed E-state index contributed by atoms with van der Waals surface area (Å²) in [4.78, 5) is 10.5. The molecule has 0 spiro atoms. The maximum atomic E-state index is 5.50. The average molecular weight is 224 g/mol. The number of nitrogens with zero attached hydrogens (tertiary/aromatic N) is 3. The summed E-state index contributed by atoms with van der Waals surface area (Å²) in [6, 6.07) is 0. The van der Waals surface area contributed by atoms with E-state index in [-0.39, 0.29) is 0 Å². The highest BCUT2D eigenvalue weighted by Gasteiger charge is 1.98. The maximum absolute atomic E-state index is 5.50. The normalized spacial score (nSPS) is 10.5. The van der Waals surface area contributed by atoms with Gasteiger partial charge in [0.25, 0.3) is 0 Å². The molecule has 1 rings (SSSR count). The number of anilines is 1. The zero-order valence-electron chi connectivity index (χ0n) is 10.2. The highest BCUT2D eigenvalue weighted by molar-refractivity contribution is 5.32. The van der Waals surface area contributed by atoms with Crippen LogP contribution in [-0.4, -0.2) is 48.7 Å². The molecule has 0 atom stereocenters. The highest BCUT2D eigenvalue weighted by Crippen LogP contribution is 2.08. The van der Waals surface area contributed by atoms with E-state index in [1.54, 1.807) is 12.4 Å². The van der Waals surface area contributed by atoms with Gasteiger partial charge in [-0.2, -0.15) is 4.98 Å². The molecule has 5 nitrogen and oxygen atoms in total. The third-order valence-electron chi connectivity index (χ3n) is 1.97. The van der Waals surface area contributed by atoms with Crippen LogP contribution < -0.4 is 10.1 Å². The minimum atomic E-state index is 0.581. The lowest BCUT2D eigenvalue weighted by atomic mass is 10.4. The fourth-order valence-electron chi connectivity index (χ4n) is 1.24. The maximum Gasteiger partial charge on any atom is 0.234 e. The Morgan fingerprint density at radius 1 is 1.38 bits per heavy atom. The van der Waals surface area contributed by atoms with Crippen LogP contribution in [0.2, 0.25) is 0 Å². The molecule has 0 bridgehead atoms. The number of hydrogen-bond donors (Lipinski definition) is 1. The lowest BCUT2D eigenvalue weighted by Gasteiger charge is -2.10. The lowest BCUT2D eigenvalue weighted by Crippen LogP contribution is -2.15. The molecule has 1 N–H and O–H groups in total. The average Bonchev–Trinajstić information content (AvgIpc) is 2.25. The third-order valence-corrected chi connectivity index (χ3v) is 1.97. The summed E-state index contributed by atoms with van der Waals surface area (Å²) in [5.74, 6) is 1.34. The molecule has 1 aromatic heterocycles. The predicted octanol–water partition coefficient (Wildman–Crippen LogP) is 1.24. The highest BCUT2D eigenvalue weighted by atomic mass is 16.5. The van der Waals surface area contributed by atoms with Gasteiger partial charge in [-0.3, -0.25) is 4.98 Å². The summed E-state index contributed by atoms with van der Waals surface area (Å²) in [6.45, 7) is 4.54. The number of rotatable bonds is 7. The molecule has 1 heterocycles. The molecule has 0 unspecified atom stereocenters. The Balaban J connectivity index is 2.33. The Hall–Kier alpha value is -1.36. The molecular weight excluding hydrogens is 204 g/mol. The van der Waals surface area contributed by atoms with Crippen LogP contribution >= 0.6 is 0 Å². The predicted molar refractivity (Wildman–Crippen MR) is 64.9 cm³/mol. The second-order valence-electron chi connectivity index (χ2n) is 3.78. The van der Waals surface area contributed by atoms with Crippen molar-refractivity contribution in [1.82, 2.24) is 14.9 Å². The smallest absolute Gasteiger partial charge is 0.234 e. The van der Waals surface area contributed by atoms with Crippen molar-refractivity contribution in [2.45, 2.75) is 13.3 Å². The standard InChI is InChI=1S/C11H20N4O/c1-4-13-10-8-12-9-11(14-10)16-7-5-6-15(2)3/h8-9H,4-7H2,1-3H3,(H,13,14). The van der Waals surface area contributed by atoms with Gasteiger partial charge in [-0.15, -0.1) is 0 Å². The topological polar surface area (TPSA) is 50.3 Å². The first-order chi connectivity index (χ1) is 7.72. The quantitative estimate of drug-likeness (QED) is 0.706. The van der Waals surface area contributed by atoms with Crippen molar-refractivity contribution in [3.8, 4) is 5.88 Å². The van der Waals surface area contributed by atoms with Crippen molar-refractivity contribution in [3.05, 3.63) is 12.4 Å². The monoisotopic (exact) mass is 224 g/mol. The zero-order chi connectivity index (χ0) is 11.8. The molecule has 1 aromatic rings. The number of aromatic nitrogens is 2. The van der Waals surface area contributed by atoms with E-state index in [9.17, 15) is 0 Å². The molecule has 0 radical (unpaired) electrons. The van der Waals surface area contributed by atoms with Crippen molar-refractivity contribution >= 4 is 5.82 Å². The Morgan fingerprint density at radius 2 is 2.19 bits per heavy atom. The van der Waals surface area contributed by atoms with Gasteiger partial charge in [-0.1, -0.05) is 0 Å². The molecule has 0 aliphatic heterocycles. The Morgan fingerprint density at radius 3 is 2.88 bits per heavy atom. The zero-order valence-corrected chi connectivity index (χ0v) is 10.2. The van der Waals surface area contributed by atoms with Gasteiger partial charge in [-0.05, 0) is 27.4 Å². The molecule has 16 heavy (non-hydrogen) atoms. The summed E-state index contributed by atoms with van der Waals surface area (Å²) in [6.07, 6.45) is 4.31. The fraction of sp³-hybridized carbons (Fsp3) is 0.636. The van der Waals surface area contributed by atoms with Gasteiger partial charge in [-0.25, -0.2) is 0 Å². The molecule has 0 fully saturated rings. The number of nitrogens with one attached hydrogen (secondary N) is 1. The summed E-state index contributed by atoms with van der Waals surface area (Å²) in [5.41, 5.74) is 0. The van der Waals surface area contributed by atoms with E-state index < -0.39 is 0 Å². The van der Waals surface area contributed by atoms with E-state index in [0.717, 1.165) is 25.3 Å². The Kier molecular flexibility index (Phi) is 5.56. The minimum Gasteiger partial charge on any atom is -0.476 e. The fourth-order valence-corrected chi connectivity index (χ4v) is 1.24. The van der Waals surface area contributed by atoms with Crippen LogP contribution in [0.15, 0.2) is 12.4 Å². The molecule has 0 saturated carbocycles. The van der Waals surface area contributed by atoms with E-state index in [0.29, 0.717) is 12.5 Å². The molecule has 0 aliphatic rings. The molecule has 0 saturated heterocycles. The molecule has 0 amide bonds. The molecule has 0 aromatic carbocycles. The second-order valence-corrected chi connectivity index (χ2v) is 3.78. The van der Waals surface area contributed by atoms with Crippen molar-refractivity contribution in [2.75, 3.05) is 39.1 Å². The van der Waals surface area contributed by atoms with Crippen LogP contribution in [0.3, 0.4) is 0 Å². The van der Waals surface area contributed by atoms with Crippen molar-refractivity contribution < 1.29 is 4.74 Å². The first kappa shape index (κ1) is 12.7. The Bertz CT molecular complexity index is 304. The van der Waals surface area contributed by atoms with Crippen LogP contribution in [0, 0.1) is 0 Å². The molecule has 5 heteroatoms. The largest absolute Gasteiger partial charge is 0.476 e. The van der Waals surface area contributed by atoms with E-state index in [2.05, 4.69) is 20.2 Å². The van der Waals surface area contributed by atoms with Gasteiger partial charge in [0.05, 0.1) is 19.0 Å². The first-order valence-corrected chi connectivity index (χ1v) is 5.56. The van der Waals surface area contributed by atoms with E-state index in [1.807, 2.05) is 21.0 Å². The van der Waals surface area contributed by atoms with Gasteiger partial charge in [0.2, 0.25) is 5.88 Å². The van der Waals surface area contributed by atoms with Crippen molar-refractivity contribution in [1.29, 1.82) is 0 Å². The molecular formula is C11H20N4O. The van der Waals surface area contributed by atoms with Crippen LogP contribution in [0.5, 0.6) is 5.88 Å². The van der Waals surface area contributed by atoms with Crippen LogP contribution in [0.1, 0.15) is 13.3 Å². The minimum absolute atomic E-state index is 0.581. The van der Waals surface area contributed by atoms with Gasteiger partial charge < -0.3 is 15.0 Å². The summed E-state index contributed by atoms with van der Waals surface area (Å²) < 4.78 is 5.50. The van der Waals surface area contributed by atoms with Crippen molar-refractivity contribution in [3.63, 3.8) is 0 Å². The van der Waals surface area contributed by atoms with Crippen LogP contribution in [0.25, 0.3) is 0 Å². The van der Waals surface area contributed by atoms with Gasteiger partial charge >= 0.3 is 0 Å². The second kappa shape index (κ2) is 7.00. The van der Waals surface area contributed by atoms with Gasteiger partial charge in [0.15, 0.2) is 0 Å². The number of ether oxygens (including phenoxy) is 1. The molecule has 0 aliphatic carbocycles. The molecule has 90 valence electrons. The Labute approximate surface area is 96.8 Å². The SMILES string of the molecule is CCNc1cncc(OCCCN(C)C)n1. The van der Waals surface area contributed by atoms with Gasteiger partial charge in [0, 0.05) is 13.1 Å². The lowest BCUT2D eigenvalue weighted by molar-refractivity contribution is 0.272. The van der Waals surface area contributed by atoms with Crippen LogP contribution in [0.4, 0.5) is 5.82 Å². The van der Waals surface area contributed by atoms with E-state index >= 15 is 0 Å².